The number of nitrogens with zero attached hydrogens (tertiary/aromatic N) is 1. The van der Waals surface area contributed by atoms with Gasteiger partial charge in [-0.1, -0.05) is 18.2 Å². The van der Waals surface area contributed by atoms with Gasteiger partial charge in [0.15, 0.2) is 17.3 Å². The van der Waals surface area contributed by atoms with E-state index in [0.29, 0.717) is 31.6 Å². The zero-order chi connectivity index (χ0) is 24.3. The molecule has 0 unspecified atom stereocenters. The smallest absolute Gasteiger partial charge is 0.486 e. The van der Waals surface area contributed by atoms with Gasteiger partial charge < -0.3 is 23.9 Å². The van der Waals surface area contributed by atoms with Crippen molar-refractivity contribution in [3.63, 3.8) is 0 Å². The summed E-state index contributed by atoms with van der Waals surface area (Å²) >= 11 is 0. The Morgan fingerprint density at radius 1 is 1.03 bits per heavy atom. The van der Waals surface area contributed by atoms with Gasteiger partial charge in [-0.3, -0.25) is 9.59 Å². The molecule has 0 radical (unpaired) electrons. The first kappa shape index (κ1) is 21.6. The van der Waals surface area contributed by atoms with Gasteiger partial charge in [0.25, 0.3) is 5.91 Å². The van der Waals surface area contributed by atoms with Crippen molar-refractivity contribution in [3.8, 4) is 28.7 Å². The van der Waals surface area contributed by atoms with Crippen LogP contribution < -0.4 is 19.5 Å². The van der Waals surface area contributed by atoms with E-state index in [2.05, 4.69) is 19.8 Å². The summed E-state index contributed by atoms with van der Waals surface area (Å²) in [5.41, 5.74) is 0.331. The minimum absolute atomic E-state index is 0.0866. The summed E-state index contributed by atoms with van der Waals surface area (Å²) in [6.07, 6.45) is 0.150. The Morgan fingerprint density at radius 3 is 2.54 bits per heavy atom. The van der Waals surface area contributed by atoms with Crippen molar-refractivity contribution in [1.29, 1.82) is 0 Å². The Bertz CT molecular complexity index is 1300. The molecule has 1 aliphatic heterocycles. The van der Waals surface area contributed by atoms with Crippen LogP contribution in [0.4, 0.5) is 8.78 Å². The second-order valence-corrected chi connectivity index (χ2v) is 9.44. The summed E-state index contributed by atoms with van der Waals surface area (Å²) in [6, 6.07) is 13.3. The van der Waals surface area contributed by atoms with Gasteiger partial charge in [-0.25, -0.2) is 4.98 Å². The molecule has 10 heteroatoms. The third kappa shape index (κ3) is 3.98. The normalized spacial score (nSPS) is 24.7. The maximum atomic E-state index is 13.1. The number of nitrogens with one attached hydrogen (secondary N) is 1. The van der Waals surface area contributed by atoms with E-state index in [0.717, 1.165) is 5.56 Å². The summed E-state index contributed by atoms with van der Waals surface area (Å²) in [4.78, 5) is 29.3. The fourth-order valence-electron chi connectivity index (χ4n) is 5.37. The van der Waals surface area contributed by atoms with E-state index in [1.807, 2.05) is 30.3 Å². The minimum atomic E-state index is -3.70. The molecule has 0 atom stereocenters. The largest absolute Gasteiger partial charge is 0.586 e. The monoisotopic (exact) mass is 482 g/mol. The van der Waals surface area contributed by atoms with Crippen LogP contribution in [0.15, 0.2) is 59.1 Å². The number of rotatable bonds is 8. The highest BCUT2D eigenvalue weighted by Crippen LogP contribution is 2.69. The summed E-state index contributed by atoms with van der Waals surface area (Å²) in [7, 11) is 0. The molecule has 1 amide bonds. The number of aromatic nitrogens is 1. The molecule has 3 aromatic rings. The van der Waals surface area contributed by atoms with E-state index in [1.54, 1.807) is 0 Å². The fraction of sp³-hybridized carbons (Fsp3) is 0.320. The molecular weight excluding hydrogens is 462 g/mol. The van der Waals surface area contributed by atoms with Crippen molar-refractivity contribution in [1.82, 2.24) is 10.3 Å². The molecule has 3 fully saturated rings. The van der Waals surface area contributed by atoms with Crippen LogP contribution in [-0.4, -0.2) is 35.1 Å². The Morgan fingerprint density at radius 2 is 1.77 bits per heavy atom. The molecule has 4 aliphatic rings. The van der Waals surface area contributed by atoms with E-state index in [4.69, 9.17) is 9.15 Å². The molecule has 8 nitrogen and oxygen atoms in total. The second-order valence-electron chi connectivity index (χ2n) is 9.44. The third-order valence-electron chi connectivity index (χ3n) is 6.61. The minimum Gasteiger partial charge on any atom is -0.486 e. The van der Waals surface area contributed by atoms with Gasteiger partial charge in [-0.2, -0.15) is 0 Å². The number of amides is 1. The van der Waals surface area contributed by atoms with Gasteiger partial charge in [0, 0.05) is 23.6 Å². The molecule has 2 bridgehead atoms. The summed E-state index contributed by atoms with van der Waals surface area (Å²) in [6.45, 7) is -0.183. The van der Waals surface area contributed by atoms with E-state index >= 15 is 0 Å². The number of hydrogen-bond acceptors (Lipinski definition) is 7. The van der Waals surface area contributed by atoms with Gasteiger partial charge >= 0.3 is 6.29 Å². The highest BCUT2D eigenvalue weighted by atomic mass is 19.3. The van der Waals surface area contributed by atoms with Crippen LogP contribution in [0.2, 0.25) is 0 Å². The number of oxazole rings is 1. The lowest BCUT2D eigenvalue weighted by Gasteiger charge is -2.70. The molecule has 3 aliphatic carbocycles. The number of halogens is 2. The highest BCUT2D eigenvalue weighted by molar-refractivity contribution is 5.92. The van der Waals surface area contributed by atoms with Crippen LogP contribution in [0.5, 0.6) is 17.2 Å². The number of carbonyl (C=O) groups excluding carboxylic acids is 2. The first-order valence-electron chi connectivity index (χ1n) is 11.1. The van der Waals surface area contributed by atoms with Crippen LogP contribution in [0.3, 0.4) is 0 Å². The van der Waals surface area contributed by atoms with E-state index in [-0.39, 0.29) is 52.3 Å². The quantitative estimate of drug-likeness (QED) is 0.509. The average Bonchev–Trinajstić information content (AvgIpc) is 3.39. The zero-order valence-corrected chi connectivity index (χ0v) is 18.4. The number of ether oxygens (including phenoxy) is 3. The van der Waals surface area contributed by atoms with Gasteiger partial charge in [0.05, 0.1) is 6.20 Å². The standard InChI is InChI=1S/C25H20F2N2O6/c26-25(27)34-18-7-6-17(8-19(18)35-25)32-11-16(30)9-23-12-24(13-23,14-23)29-21(31)20-10-28-22(33-20)15-4-2-1-3-5-15/h1-8,10H,9,11-14H2,(H,29,31). The number of carbonyl (C=O) groups is 2. The Hall–Kier alpha value is -3.95. The number of hydrogen-bond donors (Lipinski definition) is 1. The van der Waals surface area contributed by atoms with Crippen molar-refractivity contribution < 1.29 is 37.0 Å². The second kappa shape index (κ2) is 7.53. The van der Waals surface area contributed by atoms with Crippen LogP contribution in [0, 0.1) is 5.41 Å². The lowest BCUT2D eigenvalue weighted by atomic mass is 9.38. The molecule has 7 rings (SSSR count). The number of alkyl halides is 2. The maximum absolute atomic E-state index is 13.1. The fourth-order valence-corrected chi connectivity index (χ4v) is 5.37. The Kier molecular flexibility index (Phi) is 4.64. The molecule has 180 valence electrons. The first-order chi connectivity index (χ1) is 16.7. The third-order valence-corrected chi connectivity index (χ3v) is 6.61. The lowest BCUT2D eigenvalue weighted by molar-refractivity contribution is -0.286. The number of ketones is 1. The summed E-state index contributed by atoms with van der Waals surface area (Å²) < 4.78 is 46.0. The van der Waals surface area contributed by atoms with Crippen molar-refractivity contribution >= 4 is 11.7 Å². The van der Waals surface area contributed by atoms with E-state index in [1.165, 1.54) is 24.4 Å². The Labute approximate surface area is 198 Å². The van der Waals surface area contributed by atoms with Crippen LogP contribution in [0.1, 0.15) is 36.2 Å². The predicted molar refractivity (Wildman–Crippen MR) is 116 cm³/mol. The molecule has 2 heterocycles. The maximum Gasteiger partial charge on any atom is 0.586 e. The molecule has 35 heavy (non-hydrogen) atoms. The molecule has 1 aromatic heterocycles. The molecule has 0 spiro atoms. The Balaban J connectivity index is 0.979. The average molecular weight is 482 g/mol. The lowest BCUT2D eigenvalue weighted by Crippen LogP contribution is -2.75. The van der Waals surface area contributed by atoms with Crippen LogP contribution in [0.25, 0.3) is 11.5 Å². The van der Waals surface area contributed by atoms with Gasteiger partial charge in [0.1, 0.15) is 12.4 Å². The van der Waals surface area contributed by atoms with Crippen molar-refractivity contribution in [2.75, 3.05) is 6.61 Å². The SMILES string of the molecule is O=C(COc1ccc2c(c1)OC(F)(F)O2)CC12CC(NC(=O)c3cnc(-c4ccccc4)o3)(C1)C2. The van der Waals surface area contributed by atoms with Crippen molar-refractivity contribution in [2.24, 2.45) is 5.41 Å². The van der Waals surface area contributed by atoms with Gasteiger partial charge in [0.2, 0.25) is 11.7 Å². The highest BCUT2D eigenvalue weighted by Gasteiger charge is 2.68. The molecule has 3 saturated carbocycles. The van der Waals surface area contributed by atoms with Crippen LogP contribution >= 0.6 is 0 Å². The van der Waals surface area contributed by atoms with E-state index < -0.39 is 6.29 Å². The number of Topliss-reactive ketones (excluding diaryl/α,β-unsaturated/α-hetero) is 1. The first-order valence-corrected chi connectivity index (χ1v) is 11.1. The van der Waals surface area contributed by atoms with Crippen LogP contribution in [-0.2, 0) is 4.79 Å². The zero-order valence-electron chi connectivity index (χ0n) is 18.4. The van der Waals surface area contributed by atoms with E-state index in [9.17, 15) is 18.4 Å². The van der Waals surface area contributed by atoms with Crippen molar-refractivity contribution in [3.05, 3.63) is 60.5 Å². The number of benzene rings is 2. The topological polar surface area (TPSA) is 99.9 Å². The van der Waals surface area contributed by atoms with Crippen molar-refractivity contribution in [2.45, 2.75) is 37.5 Å². The van der Waals surface area contributed by atoms with Gasteiger partial charge in [-0.15, -0.1) is 8.78 Å². The molecule has 0 saturated heterocycles. The summed E-state index contributed by atoms with van der Waals surface area (Å²) in [5.74, 6) is 0.115. The summed E-state index contributed by atoms with van der Waals surface area (Å²) in [5, 5.41) is 3.02. The molecular formula is C25H20F2N2O6. The van der Waals surface area contributed by atoms with Gasteiger partial charge in [-0.05, 0) is 48.9 Å². The molecule has 1 N–H and O–H groups in total. The predicted octanol–water partition coefficient (Wildman–Crippen LogP) is 4.35. The number of fused-ring (bicyclic) bond motifs is 1. The molecule has 2 aromatic carbocycles.